The number of piperazine rings is 1. The highest BCUT2D eigenvalue weighted by Crippen LogP contribution is 2.19. The minimum atomic E-state index is -3.56. The zero-order valence-corrected chi connectivity index (χ0v) is 16.4. The topological polar surface area (TPSA) is 93.5 Å². The van der Waals surface area contributed by atoms with Gasteiger partial charge < -0.3 is 10.2 Å². The fraction of sp³-hybridized carbons (Fsp3) is 0.300. The second-order valence-corrected chi connectivity index (χ2v) is 8.44. The number of hydrogen-bond acceptors (Lipinski definition) is 5. The zero-order chi connectivity index (χ0) is 20.1. The van der Waals surface area contributed by atoms with E-state index in [1.54, 1.807) is 24.3 Å². The quantitative estimate of drug-likeness (QED) is 0.833. The summed E-state index contributed by atoms with van der Waals surface area (Å²) in [5.41, 5.74) is 1.43. The molecule has 0 saturated carbocycles. The lowest BCUT2D eigenvalue weighted by Crippen LogP contribution is -2.48. The van der Waals surface area contributed by atoms with Crippen LogP contribution in [-0.2, 0) is 10.0 Å². The van der Waals surface area contributed by atoms with Crippen molar-refractivity contribution in [3.05, 3.63) is 59.7 Å². The van der Waals surface area contributed by atoms with Crippen molar-refractivity contribution in [3.8, 4) is 6.07 Å². The van der Waals surface area contributed by atoms with Crippen LogP contribution in [0.3, 0.4) is 0 Å². The van der Waals surface area contributed by atoms with Crippen LogP contribution in [0.5, 0.6) is 0 Å². The average molecular weight is 398 g/mol. The molecule has 7 nitrogen and oxygen atoms in total. The number of rotatable bonds is 5. The Morgan fingerprint density at radius 2 is 1.64 bits per heavy atom. The zero-order valence-electron chi connectivity index (χ0n) is 15.6. The predicted octanol–water partition coefficient (Wildman–Crippen LogP) is 2.14. The summed E-state index contributed by atoms with van der Waals surface area (Å²) in [5.74, 6) is -0.342. The van der Waals surface area contributed by atoms with Gasteiger partial charge in [-0.2, -0.15) is 9.57 Å². The molecule has 2 aromatic carbocycles. The van der Waals surface area contributed by atoms with Crippen LogP contribution in [-0.4, -0.2) is 56.3 Å². The first-order chi connectivity index (χ1) is 13.4. The van der Waals surface area contributed by atoms with Crippen LogP contribution in [0.1, 0.15) is 22.8 Å². The van der Waals surface area contributed by atoms with E-state index in [-0.39, 0.29) is 10.8 Å². The second-order valence-electron chi connectivity index (χ2n) is 6.51. The van der Waals surface area contributed by atoms with E-state index in [4.69, 9.17) is 5.26 Å². The van der Waals surface area contributed by atoms with Gasteiger partial charge in [0, 0.05) is 37.4 Å². The Balaban J connectivity index is 1.68. The number of carbonyl (C=O) groups is 1. The van der Waals surface area contributed by atoms with Crippen LogP contribution in [0, 0.1) is 11.3 Å². The van der Waals surface area contributed by atoms with Gasteiger partial charge in [-0.3, -0.25) is 4.79 Å². The molecule has 0 bridgehead atoms. The molecule has 2 aromatic rings. The Labute approximate surface area is 165 Å². The Kier molecular flexibility index (Phi) is 6.09. The Hall–Kier alpha value is -2.73. The molecule has 1 saturated heterocycles. The normalized spacial score (nSPS) is 15.7. The lowest BCUT2D eigenvalue weighted by atomic mass is 10.2. The first-order valence-corrected chi connectivity index (χ1v) is 10.5. The Morgan fingerprint density at radius 3 is 2.18 bits per heavy atom. The summed E-state index contributed by atoms with van der Waals surface area (Å²) in [5, 5.41) is 11.5. The monoisotopic (exact) mass is 398 g/mol. The van der Waals surface area contributed by atoms with Gasteiger partial charge in [0.2, 0.25) is 10.0 Å². The van der Waals surface area contributed by atoms with E-state index < -0.39 is 10.0 Å². The molecule has 0 unspecified atom stereocenters. The maximum Gasteiger partial charge on any atom is 0.255 e. The number of anilines is 1. The van der Waals surface area contributed by atoms with Crippen LogP contribution in [0.25, 0.3) is 0 Å². The average Bonchev–Trinajstić information content (AvgIpc) is 2.74. The van der Waals surface area contributed by atoms with Gasteiger partial charge in [-0.15, -0.1) is 0 Å². The van der Waals surface area contributed by atoms with Crippen LogP contribution in [0.2, 0.25) is 0 Å². The molecule has 0 spiro atoms. The van der Waals surface area contributed by atoms with Crippen molar-refractivity contribution in [2.75, 3.05) is 38.0 Å². The lowest BCUT2D eigenvalue weighted by Gasteiger charge is -2.33. The SMILES string of the molecule is CCN1CCN(S(=O)(=O)c2ccc(C(=O)Nc3ccc(C#N)cc3)cc2)CC1. The van der Waals surface area contributed by atoms with E-state index in [0.717, 1.165) is 19.6 Å². The molecule has 0 atom stereocenters. The number of likely N-dealkylation sites (N-methyl/N-ethyl adjacent to an activating group) is 1. The molecule has 8 heteroatoms. The van der Waals surface area contributed by atoms with Gasteiger partial charge in [-0.25, -0.2) is 8.42 Å². The maximum atomic E-state index is 12.8. The largest absolute Gasteiger partial charge is 0.322 e. The Bertz CT molecular complexity index is 972. The minimum Gasteiger partial charge on any atom is -0.322 e. The number of nitrogens with one attached hydrogen (secondary N) is 1. The summed E-state index contributed by atoms with van der Waals surface area (Å²) in [6.45, 7) is 5.36. The minimum absolute atomic E-state index is 0.187. The number of nitrogens with zero attached hydrogens (tertiary/aromatic N) is 3. The van der Waals surface area contributed by atoms with Gasteiger partial charge in [0.15, 0.2) is 0 Å². The third-order valence-electron chi connectivity index (χ3n) is 4.80. The highest BCUT2D eigenvalue weighted by Gasteiger charge is 2.28. The van der Waals surface area contributed by atoms with E-state index in [9.17, 15) is 13.2 Å². The first-order valence-electron chi connectivity index (χ1n) is 9.08. The molecular formula is C20H22N4O3S. The third-order valence-corrected chi connectivity index (χ3v) is 6.72. The van der Waals surface area contributed by atoms with E-state index in [0.29, 0.717) is 29.9 Å². The summed E-state index contributed by atoms with van der Waals surface area (Å²) >= 11 is 0. The van der Waals surface area contributed by atoms with Gasteiger partial charge in [0.05, 0.1) is 16.5 Å². The Morgan fingerprint density at radius 1 is 1.04 bits per heavy atom. The molecule has 0 aliphatic carbocycles. The number of carbonyl (C=O) groups excluding carboxylic acids is 1. The smallest absolute Gasteiger partial charge is 0.255 e. The van der Waals surface area contributed by atoms with Gasteiger partial charge >= 0.3 is 0 Å². The number of sulfonamides is 1. The van der Waals surface area contributed by atoms with Gasteiger partial charge in [-0.1, -0.05) is 6.92 Å². The van der Waals surface area contributed by atoms with Crippen molar-refractivity contribution < 1.29 is 13.2 Å². The molecule has 146 valence electrons. The van der Waals surface area contributed by atoms with E-state index in [1.807, 2.05) is 6.07 Å². The second kappa shape index (κ2) is 8.52. The standard InChI is InChI=1S/C20H22N4O3S/c1-2-23-11-13-24(14-12-23)28(26,27)19-9-5-17(6-10-19)20(25)22-18-7-3-16(15-21)4-8-18/h3-10H,2,11-14H2,1H3,(H,22,25). The number of hydrogen-bond donors (Lipinski definition) is 1. The summed E-state index contributed by atoms with van der Waals surface area (Å²) in [4.78, 5) is 14.8. The van der Waals surface area contributed by atoms with Crippen LogP contribution in [0.4, 0.5) is 5.69 Å². The van der Waals surface area contributed by atoms with Crippen LogP contribution >= 0.6 is 0 Å². The molecule has 28 heavy (non-hydrogen) atoms. The number of nitriles is 1. The summed E-state index contributed by atoms with van der Waals surface area (Å²) in [7, 11) is -3.56. The van der Waals surface area contributed by atoms with Crippen LogP contribution < -0.4 is 5.32 Å². The van der Waals surface area contributed by atoms with Gasteiger partial charge in [0.25, 0.3) is 5.91 Å². The van der Waals surface area contributed by atoms with Crippen molar-refractivity contribution in [2.45, 2.75) is 11.8 Å². The molecular weight excluding hydrogens is 376 g/mol. The highest BCUT2D eigenvalue weighted by atomic mass is 32.2. The summed E-state index contributed by atoms with van der Waals surface area (Å²) in [6.07, 6.45) is 0. The van der Waals surface area contributed by atoms with E-state index in [1.165, 1.54) is 28.6 Å². The lowest BCUT2D eigenvalue weighted by molar-refractivity contribution is 0.102. The van der Waals surface area contributed by atoms with E-state index >= 15 is 0 Å². The van der Waals surface area contributed by atoms with Crippen LogP contribution in [0.15, 0.2) is 53.4 Å². The molecule has 1 aliphatic rings. The molecule has 0 aromatic heterocycles. The molecule has 0 radical (unpaired) electrons. The number of amides is 1. The molecule has 3 rings (SSSR count). The van der Waals surface area contributed by atoms with Crippen molar-refractivity contribution >= 4 is 21.6 Å². The molecule has 1 aliphatic heterocycles. The van der Waals surface area contributed by atoms with Crippen molar-refractivity contribution in [1.29, 1.82) is 5.26 Å². The third kappa shape index (κ3) is 4.39. The fourth-order valence-electron chi connectivity index (χ4n) is 3.04. The number of benzene rings is 2. The molecule has 1 N–H and O–H groups in total. The molecule has 1 fully saturated rings. The van der Waals surface area contributed by atoms with E-state index in [2.05, 4.69) is 17.1 Å². The van der Waals surface area contributed by atoms with Crippen molar-refractivity contribution in [2.24, 2.45) is 0 Å². The summed E-state index contributed by atoms with van der Waals surface area (Å²) < 4.78 is 27.1. The van der Waals surface area contributed by atoms with Gasteiger partial charge in [-0.05, 0) is 55.1 Å². The fourth-order valence-corrected chi connectivity index (χ4v) is 4.47. The molecule has 1 heterocycles. The first kappa shape index (κ1) is 20.0. The van der Waals surface area contributed by atoms with Gasteiger partial charge in [0.1, 0.15) is 0 Å². The molecule has 1 amide bonds. The van der Waals surface area contributed by atoms with Crippen molar-refractivity contribution in [1.82, 2.24) is 9.21 Å². The van der Waals surface area contributed by atoms with Crippen molar-refractivity contribution in [3.63, 3.8) is 0 Å². The predicted molar refractivity (Wildman–Crippen MR) is 106 cm³/mol. The maximum absolute atomic E-state index is 12.8. The highest BCUT2D eigenvalue weighted by molar-refractivity contribution is 7.89. The summed E-state index contributed by atoms with van der Waals surface area (Å²) in [6, 6.07) is 14.5.